The number of alkyl halides is 3. The van der Waals surface area contributed by atoms with E-state index in [9.17, 15) is 31.2 Å². The number of halogens is 4. The Morgan fingerprint density at radius 2 is 1.50 bits per heavy atom. The Hall–Kier alpha value is -4.35. The van der Waals surface area contributed by atoms with Gasteiger partial charge in [-0.15, -0.1) is 0 Å². The Labute approximate surface area is 271 Å². The largest absolute Gasteiger partial charge is 0.417 e. The number of nitrogens with zero attached hydrogens (tertiary/aromatic N) is 2. The van der Waals surface area contributed by atoms with Gasteiger partial charge in [0.2, 0.25) is 11.8 Å². The van der Waals surface area contributed by atoms with Gasteiger partial charge in [0.1, 0.15) is 12.6 Å². The third-order valence-corrected chi connectivity index (χ3v) is 9.33. The molecule has 4 aromatic rings. The van der Waals surface area contributed by atoms with Crippen molar-refractivity contribution >= 4 is 39.1 Å². The van der Waals surface area contributed by atoms with E-state index in [2.05, 4.69) is 5.32 Å². The summed E-state index contributed by atoms with van der Waals surface area (Å²) in [5.74, 6) is -1.26. The Balaban J connectivity index is 1.85. The molecule has 7 nitrogen and oxygen atoms in total. The number of hydrogen-bond donors (Lipinski definition) is 1. The van der Waals surface area contributed by atoms with Crippen LogP contribution in [0, 0.1) is 6.92 Å². The standard InChI is InChI=1S/C34H33ClF3N3O4S/c1-3-39-33(43)31(20-25-12-6-4-7-13-25)40(22-26-14-10-11-24(2)19-26)32(42)23-41(46(44,45)28-15-8-5-9-16-28)27-17-18-30(35)29(21-27)34(36,37)38/h4-19,21,31H,3,20,22-23H2,1-2H3,(H,39,43). The summed E-state index contributed by atoms with van der Waals surface area (Å²) < 4.78 is 70.3. The molecule has 2 amide bonds. The average Bonchev–Trinajstić information content (AvgIpc) is 3.02. The SMILES string of the molecule is CCNC(=O)C(Cc1ccccc1)N(Cc1cccc(C)c1)C(=O)CN(c1ccc(Cl)c(C(F)(F)F)c1)S(=O)(=O)c1ccccc1. The van der Waals surface area contributed by atoms with Crippen LogP contribution in [0.25, 0.3) is 0 Å². The normalized spacial score (nSPS) is 12.3. The first-order chi connectivity index (χ1) is 21.8. The molecule has 242 valence electrons. The third-order valence-electron chi connectivity index (χ3n) is 7.21. The second-order valence-corrected chi connectivity index (χ2v) is 12.9. The van der Waals surface area contributed by atoms with Gasteiger partial charge >= 0.3 is 6.18 Å². The number of rotatable bonds is 12. The van der Waals surface area contributed by atoms with Crippen molar-refractivity contribution in [3.8, 4) is 0 Å². The minimum absolute atomic E-state index is 0.0667. The summed E-state index contributed by atoms with van der Waals surface area (Å²) in [7, 11) is -4.58. The number of anilines is 1. The molecule has 0 saturated carbocycles. The molecule has 0 aliphatic carbocycles. The van der Waals surface area contributed by atoms with Gasteiger partial charge in [-0.2, -0.15) is 13.2 Å². The fourth-order valence-corrected chi connectivity index (χ4v) is 6.64. The van der Waals surface area contributed by atoms with Gasteiger partial charge in [-0.1, -0.05) is 90.0 Å². The minimum Gasteiger partial charge on any atom is -0.355 e. The molecule has 1 N–H and O–H groups in total. The number of amides is 2. The Morgan fingerprint density at radius 1 is 0.870 bits per heavy atom. The van der Waals surface area contributed by atoms with Crippen LogP contribution in [0.1, 0.15) is 29.2 Å². The van der Waals surface area contributed by atoms with E-state index in [1.54, 1.807) is 49.4 Å². The fraction of sp³-hybridized carbons (Fsp3) is 0.235. The minimum atomic E-state index is -4.89. The number of hydrogen-bond acceptors (Lipinski definition) is 4. The lowest BCUT2D eigenvalue weighted by atomic mass is 10.0. The molecule has 4 rings (SSSR count). The lowest BCUT2D eigenvalue weighted by molar-refractivity contribution is -0.140. The zero-order valence-electron chi connectivity index (χ0n) is 25.2. The van der Waals surface area contributed by atoms with Crippen molar-refractivity contribution in [1.29, 1.82) is 0 Å². The molecule has 1 atom stereocenters. The maximum Gasteiger partial charge on any atom is 0.417 e. The van der Waals surface area contributed by atoms with Gasteiger partial charge in [0.05, 0.1) is 21.2 Å². The first-order valence-electron chi connectivity index (χ1n) is 14.4. The predicted molar refractivity (Wildman–Crippen MR) is 172 cm³/mol. The zero-order valence-corrected chi connectivity index (χ0v) is 26.7. The summed E-state index contributed by atoms with van der Waals surface area (Å²) >= 11 is 5.85. The van der Waals surface area contributed by atoms with Crippen LogP contribution in [0.15, 0.2) is 108 Å². The molecule has 12 heteroatoms. The van der Waals surface area contributed by atoms with Gasteiger partial charge in [-0.05, 0) is 55.3 Å². The van der Waals surface area contributed by atoms with Crippen LogP contribution in [0.5, 0.6) is 0 Å². The van der Waals surface area contributed by atoms with Crippen molar-refractivity contribution in [3.05, 3.63) is 130 Å². The van der Waals surface area contributed by atoms with Crippen LogP contribution >= 0.6 is 11.6 Å². The van der Waals surface area contributed by atoms with Crippen molar-refractivity contribution in [3.63, 3.8) is 0 Å². The molecule has 46 heavy (non-hydrogen) atoms. The fourth-order valence-electron chi connectivity index (χ4n) is 4.99. The maximum atomic E-state index is 14.4. The highest BCUT2D eigenvalue weighted by molar-refractivity contribution is 7.92. The summed E-state index contributed by atoms with van der Waals surface area (Å²) in [5, 5.41) is 2.14. The summed E-state index contributed by atoms with van der Waals surface area (Å²) in [4.78, 5) is 29.0. The third kappa shape index (κ3) is 8.46. The summed E-state index contributed by atoms with van der Waals surface area (Å²) in [6.45, 7) is 2.91. The molecule has 0 aliphatic heterocycles. The quantitative estimate of drug-likeness (QED) is 0.183. The van der Waals surface area contributed by atoms with E-state index in [0.29, 0.717) is 15.9 Å². The molecule has 0 radical (unpaired) electrons. The monoisotopic (exact) mass is 671 g/mol. The van der Waals surface area contributed by atoms with Gasteiger partial charge in [-0.25, -0.2) is 8.42 Å². The van der Waals surface area contributed by atoms with Gasteiger partial charge < -0.3 is 10.2 Å². The number of carbonyl (C=O) groups excluding carboxylic acids is 2. The predicted octanol–water partition coefficient (Wildman–Crippen LogP) is 6.64. The summed E-state index contributed by atoms with van der Waals surface area (Å²) in [6.07, 6.45) is -4.79. The smallest absolute Gasteiger partial charge is 0.355 e. The van der Waals surface area contributed by atoms with E-state index >= 15 is 0 Å². The van der Waals surface area contributed by atoms with Crippen molar-refractivity contribution in [2.45, 2.75) is 43.9 Å². The number of carbonyl (C=O) groups is 2. The van der Waals surface area contributed by atoms with Gasteiger partial charge in [0.15, 0.2) is 0 Å². The van der Waals surface area contributed by atoms with E-state index in [1.165, 1.54) is 29.2 Å². The van der Waals surface area contributed by atoms with E-state index in [4.69, 9.17) is 11.6 Å². The Bertz CT molecular complexity index is 1770. The van der Waals surface area contributed by atoms with Gasteiger partial charge in [0, 0.05) is 19.5 Å². The van der Waals surface area contributed by atoms with Gasteiger partial charge in [-0.3, -0.25) is 13.9 Å². The second kappa shape index (κ2) is 14.8. The first kappa shape index (κ1) is 34.5. The van der Waals surface area contributed by atoms with Crippen molar-refractivity contribution in [2.75, 3.05) is 17.4 Å². The van der Waals surface area contributed by atoms with Crippen molar-refractivity contribution in [1.82, 2.24) is 10.2 Å². The number of nitrogens with one attached hydrogen (secondary N) is 1. The molecule has 0 heterocycles. The average molecular weight is 672 g/mol. The van der Waals surface area contributed by atoms with Crippen LogP contribution in [0.3, 0.4) is 0 Å². The highest BCUT2D eigenvalue weighted by Gasteiger charge is 2.37. The zero-order chi connectivity index (χ0) is 33.5. The van der Waals surface area contributed by atoms with E-state index < -0.39 is 56.9 Å². The molecule has 0 bridgehead atoms. The van der Waals surface area contributed by atoms with E-state index in [-0.39, 0.29) is 24.4 Å². The topological polar surface area (TPSA) is 86.8 Å². The highest BCUT2D eigenvalue weighted by Crippen LogP contribution is 2.38. The van der Waals surface area contributed by atoms with Crippen molar-refractivity contribution in [2.24, 2.45) is 0 Å². The molecule has 1 unspecified atom stereocenters. The Morgan fingerprint density at radius 3 is 2.11 bits per heavy atom. The molecular weight excluding hydrogens is 639 g/mol. The Kier molecular flexibility index (Phi) is 11.1. The molecule has 0 aliphatic rings. The van der Waals surface area contributed by atoms with E-state index in [0.717, 1.165) is 23.3 Å². The van der Waals surface area contributed by atoms with Crippen LogP contribution in [-0.4, -0.2) is 44.3 Å². The molecule has 0 spiro atoms. The molecule has 0 saturated heterocycles. The number of sulfonamides is 1. The first-order valence-corrected chi connectivity index (χ1v) is 16.2. The highest BCUT2D eigenvalue weighted by atomic mass is 35.5. The van der Waals surface area contributed by atoms with E-state index in [1.807, 2.05) is 25.1 Å². The number of benzene rings is 4. The van der Waals surface area contributed by atoms with Crippen molar-refractivity contribution < 1.29 is 31.2 Å². The molecule has 4 aromatic carbocycles. The number of aryl methyl sites for hydroxylation is 1. The lowest BCUT2D eigenvalue weighted by Gasteiger charge is -2.34. The second-order valence-electron chi connectivity index (χ2n) is 10.6. The van der Waals surface area contributed by atoms with Crippen LogP contribution in [0.4, 0.5) is 18.9 Å². The van der Waals surface area contributed by atoms with Gasteiger partial charge in [0.25, 0.3) is 10.0 Å². The maximum absolute atomic E-state index is 14.4. The molecular formula is C34H33ClF3N3O4S. The lowest BCUT2D eigenvalue weighted by Crippen LogP contribution is -2.53. The molecule has 0 aromatic heterocycles. The van der Waals surface area contributed by atoms with Crippen LogP contribution < -0.4 is 9.62 Å². The van der Waals surface area contributed by atoms with Crippen LogP contribution in [-0.2, 0) is 38.8 Å². The van der Waals surface area contributed by atoms with Crippen LogP contribution in [0.2, 0.25) is 5.02 Å². The summed E-state index contributed by atoms with van der Waals surface area (Å²) in [6, 6.07) is 25.0. The summed E-state index contributed by atoms with van der Waals surface area (Å²) in [5.41, 5.74) is 0.660. The molecule has 0 fully saturated rings. The number of likely N-dealkylation sites (N-methyl/N-ethyl adjacent to an activating group) is 1.